The molecule has 4 heterocycles. The van der Waals surface area contributed by atoms with E-state index in [1.165, 1.54) is 0 Å². The minimum Gasteiger partial charge on any atom is -0.493 e. The molecule has 6 rings (SSSR count). The van der Waals surface area contributed by atoms with Crippen LogP contribution in [-0.4, -0.2) is 97.2 Å². The van der Waals surface area contributed by atoms with Crippen LogP contribution >= 0.6 is 0 Å². The van der Waals surface area contributed by atoms with E-state index >= 15 is 0 Å². The number of benzene rings is 1. The highest BCUT2D eigenvalue weighted by Gasteiger charge is 2.47. The summed E-state index contributed by atoms with van der Waals surface area (Å²) in [5, 5.41) is 9.59. The van der Waals surface area contributed by atoms with Crippen LogP contribution in [0, 0.1) is 5.92 Å². The van der Waals surface area contributed by atoms with Gasteiger partial charge in [-0.05, 0) is 51.1 Å². The Hall–Kier alpha value is -2.69. The monoisotopic (exact) mass is 567 g/mol. The van der Waals surface area contributed by atoms with E-state index < -0.39 is 12.1 Å². The lowest BCUT2D eigenvalue weighted by atomic mass is 9.82. The van der Waals surface area contributed by atoms with E-state index in [1.54, 1.807) is 4.90 Å². The molecule has 0 radical (unpaired) electrons. The van der Waals surface area contributed by atoms with E-state index in [1.807, 2.05) is 31.2 Å². The highest BCUT2D eigenvalue weighted by Crippen LogP contribution is 2.34. The van der Waals surface area contributed by atoms with E-state index in [0.29, 0.717) is 32.7 Å². The van der Waals surface area contributed by atoms with E-state index in [4.69, 9.17) is 9.47 Å². The zero-order valence-corrected chi connectivity index (χ0v) is 24.2. The number of nitrogens with zero attached hydrogens (tertiary/aromatic N) is 2. The van der Waals surface area contributed by atoms with Gasteiger partial charge in [-0.1, -0.05) is 37.5 Å². The van der Waals surface area contributed by atoms with Gasteiger partial charge >= 0.3 is 0 Å². The van der Waals surface area contributed by atoms with Gasteiger partial charge in [0.2, 0.25) is 17.7 Å². The van der Waals surface area contributed by atoms with Crippen LogP contribution in [0.15, 0.2) is 24.3 Å². The van der Waals surface area contributed by atoms with Gasteiger partial charge in [0.05, 0.1) is 24.8 Å². The van der Waals surface area contributed by atoms with Gasteiger partial charge < -0.3 is 30.3 Å². The molecule has 3 saturated heterocycles. The van der Waals surface area contributed by atoms with Crippen LogP contribution in [0.1, 0.15) is 69.9 Å². The number of rotatable bonds is 8. The molecule has 0 spiro atoms. The predicted octanol–water partition coefficient (Wildman–Crippen LogP) is 1.74. The van der Waals surface area contributed by atoms with E-state index in [-0.39, 0.29) is 47.9 Å². The summed E-state index contributed by atoms with van der Waals surface area (Å²) < 4.78 is 11.8. The number of para-hydroxylation sites is 1. The number of hydrogen-bond acceptors (Lipinski definition) is 7. The summed E-state index contributed by atoms with van der Waals surface area (Å²) >= 11 is 0. The summed E-state index contributed by atoms with van der Waals surface area (Å²) in [6, 6.07) is 6.30. The molecule has 1 aromatic rings. The summed E-state index contributed by atoms with van der Waals surface area (Å²) in [6.45, 7) is 5.70. The second-order valence-corrected chi connectivity index (χ2v) is 12.3. The van der Waals surface area contributed by atoms with Gasteiger partial charge in [0.1, 0.15) is 17.8 Å². The summed E-state index contributed by atoms with van der Waals surface area (Å²) in [6.07, 6.45) is 7.52. The van der Waals surface area contributed by atoms with Crippen molar-refractivity contribution in [3.63, 3.8) is 0 Å². The van der Waals surface area contributed by atoms with Gasteiger partial charge in [0.25, 0.3) is 0 Å². The highest BCUT2D eigenvalue weighted by molar-refractivity contribution is 5.94. The molecule has 4 aliphatic heterocycles. The Labute approximate surface area is 242 Å². The molecule has 0 aromatic heterocycles. The van der Waals surface area contributed by atoms with Gasteiger partial charge in [0.15, 0.2) is 0 Å². The average Bonchev–Trinajstić information content (AvgIpc) is 3.36. The third kappa shape index (κ3) is 6.10. The Morgan fingerprint density at radius 3 is 2.61 bits per heavy atom. The second-order valence-electron chi connectivity index (χ2n) is 12.3. The molecule has 0 bridgehead atoms. The Kier molecular flexibility index (Phi) is 8.79. The third-order valence-electron chi connectivity index (χ3n) is 9.77. The first-order valence-electron chi connectivity index (χ1n) is 15.7. The molecule has 224 valence electrons. The standard InChI is InChI=1S/C31H45N5O5/c1-2-40-22-16-21-17-36(31(39)28(20-8-4-3-5-9-20)34-29(37)25-12-14-32-25)26(19-35(21)18-22)30(38)33-24-13-15-41-27-11-7-6-10-23(24)27/h6-7,10-11,20-22,24-26,28,32H,2-5,8-9,12-19H2,1H3,(H,33,38)(H,34,37)/t21-,22-,24-,25+,26+,28+/m1/s1. The van der Waals surface area contributed by atoms with E-state index in [9.17, 15) is 14.4 Å². The Bertz CT molecular complexity index is 1110. The van der Waals surface area contributed by atoms with Crippen LogP contribution in [0.3, 0.4) is 0 Å². The highest BCUT2D eigenvalue weighted by atomic mass is 16.5. The van der Waals surface area contributed by atoms with Crippen LogP contribution in [0.4, 0.5) is 0 Å². The predicted molar refractivity (Wildman–Crippen MR) is 153 cm³/mol. The van der Waals surface area contributed by atoms with Gasteiger partial charge in [-0.15, -0.1) is 0 Å². The molecule has 10 nitrogen and oxygen atoms in total. The van der Waals surface area contributed by atoms with Crippen molar-refractivity contribution in [2.45, 2.75) is 94.6 Å². The van der Waals surface area contributed by atoms with Gasteiger partial charge in [-0.2, -0.15) is 0 Å². The third-order valence-corrected chi connectivity index (χ3v) is 9.77. The van der Waals surface area contributed by atoms with Crippen molar-refractivity contribution in [3.8, 4) is 5.75 Å². The van der Waals surface area contributed by atoms with Gasteiger partial charge in [0, 0.05) is 44.3 Å². The van der Waals surface area contributed by atoms with E-state index in [0.717, 1.165) is 69.3 Å². The quantitative estimate of drug-likeness (QED) is 0.439. The minimum atomic E-state index is -0.640. The number of carbonyl (C=O) groups excluding carboxylic acids is 3. The SMILES string of the molecule is CCO[C@@H]1C[C@@H]2CN(C(=O)[C@@H](NC(=O)[C@@H]3CCN3)C3CCCCC3)[C@H](C(=O)N[C@@H]3CCOc4ccccc43)CN2C1. The fourth-order valence-electron chi connectivity index (χ4n) is 7.40. The van der Waals surface area contributed by atoms with Crippen LogP contribution in [0.5, 0.6) is 5.75 Å². The lowest BCUT2D eigenvalue weighted by Gasteiger charge is -2.45. The zero-order chi connectivity index (χ0) is 28.3. The smallest absolute Gasteiger partial charge is 0.246 e. The fourth-order valence-corrected chi connectivity index (χ4v) is 7.40. The largest absolute Gasteiger partial charge is 0.493 e. The average molecular weight is 568 g/mol. The molecule has 0 unspecified atom stereocenters. The molecule has 5 aliphatic rings. The van der Waals surface area contributed by atoms with Gasteiger partial charge in [-0.3, -0.25) is 19.3 Å². The summed E-state index contributed by atoms with van der Waals surface area (Å²) in [4.78, 5) is 45.8. The number of fused-ring (bicyclic) bond motifs is 2. The van der Waals surface area contributed by atoms with Crippen LogP contribution in [-0.2, 0) is 19.1 Å². The lowest BCUT2D eigenvalue weighted by molar-refractivity contribution is -0.150. The zero-order valence-electron chi connectivity index (χ0n) is 24.2. The summed E-state index contributed by atoms with van der Waals surface area (Å²) in [5.74, 6) is 0.522. The molecule has 3 N–H and O–H groups in total. The second kappa shape index (κ2) is 12.7. The molecule has 1 aliphatic carbocycles. The summed E-state index contributed by atoms with van der Waals surface area (Å²) in [7, 11) is 0. The topological polar surface area (TPSA) is 112 Å². The number of piperazine rings is 1. The first-order chi connectivity index (χ1) is 20.0. The molecule has 4 fully saturated rings. The number of carbonyl (C=O) groups is 3. The number of nitrogens with one attached hydrogen (secondary N) is 3. The number of ether oxygens (including phenoxy) is 2. The fraction of sp³-hybridized carbons (Fsp3) is 0.710. The van der Waals surface area contributed by atoms with Crippen LogP contribution < -0.4 is 20.7 Å². The Balaban J connectivity index is 1.25. The first kappa shape index (κ1) is 28.4. The Morgan fingerprint density at radius 2 is 1.85 bits per heavy atom. The molecule has 1 aromatic carbocycles. The number of amides is 3. The molecular formula is C31H45N5O5. The Morgan fingerprint density at radius 1 is 1.05 bits per heavy atom. The van der Waals surface area contributed by atoms with Crippen molar-refractivity contribution in [2.24, 2.45) is 5.92 Å². The van der Waals surface area contributed by atoms with Crippen LogP contribution in [0.25, 0.3) is 0 Å². The van der Waals surface area contributed by atoms with Crippen molar-refractivity contribution in [3.05, 3.63) is 29.8 Å². The molecule has 3 amide bonds. The first-order valence-corrected chi connectivity index (χ1v) is 15.7. The van der Waals surface area contributed by atoms with E-state index in [2.05, 4.69) is 20.9 Å². The van der Waals surface area contributed by atoms with Crippen molar-refractivity contribution in [2.75, 3.05) is 39.4 Å². The summed E-state index contributed by atoms with van der Waals surface area (Å²) in [5.41, 5.74) is 0.969. The van der Waals surface area contributed by atoms with Gasteiger partial charge in [-0.25, -0.2) is 0 Å². The molecule has 1 saturated carbocycles. The maximum Gasteiger partial charge on any atom is 0.246 e. The van der Waals surface area contributed by atoms with Crippen molar-refractivity contribution in [1.29, 1.82) is 0 Å². The molecular weight excluding hydrogens is 522 g/mol. The number of hydrogen-bond donors (Lipinski definition) is 3. The maximum absolute atomic E-state index is 14.5. The van der Waals surface area contributed by atoms with Crippen molar-refractivity contribution >= 4 is 17.7 Å². The molecule has 41 heavy (non-hydrogen) atoms. The maximum atomic E-state index is 14.5. The van der Waals surface area contributed by atoms with Crippen molar-refractivity contribution in [1.82, 2.24) is 25.8 Å². The molecule has 10 heteroatoms. The van der Waals surface area contributed by atoms with Crippen LogP contribution in [0.2, 0.25) is 0 Å². The molecule has 6 atom stereocenters. The normalized spacial score (nSPS) is 30.8. The van der Waals surface area contributed by atoms with Crippen molar-refractivity contribution < 1.29 is 23.9 Å². The lowest BCUT2D eigenvalue weighted by Crippen LogP contribution is -2.67. The minimum absolute atomic E-state index is 0.0872.